The maximum atomic E-state index is 11.6. The van der Waals surface area contributed by atoms with Gasteiger partial charge in [-0.15, -0.1) is 0 Å². The fourth-order valence-electron chi connectivity index (χ4n) is 3.73. The first-order valence-corrected chi connectivity index (χ1v) is 9.78. The van der Waals surface area contributed by atoms with Crippen LogP contribution < -0.4 is 10.1 Å². The van der Waals surface area contributed by atoms with Crippen LogP contribution in [0.25, 0.3) is 22.0 Å². The maximum Gasteiger partial charge on any atom is 0.220 e. The minimum atomic E-state index is -0.0737. The standard InChI is InChI=1S/C21H27N5O2/c1-12(2)26-11-17(10-23-26)15-6-18-21(13(3)25(5)24-18)19(7-15)28-14(4)16-8-20(27)22-9-16/h6-7,10-12,14,16H,8-9H2,1-5H3,(H,22,27)/t14-,16+/m1/s1. The summed E-state index contributed by atoms with van der Waals surface area (Å²) in [6, 6.07) is 4.46. The first kappa shape index (κ1) is 18.5. The molecule has 3 aromatic rings. The second kappa shape index (κ2) is 6.96. The van der Waals surface area contributed by atoms with E-state index in [2.05, 4.69) is 41.5 Å². The molecule has 28 heavy (non-hydrogen) atoms. The lowest BCUT2D eigenvalue weighted by molar-refractivity contribution is -0.119. The van der Waals surface area contributed by atoms with E-state index in [9.17, 15) is 4.79 Å². The molecule has 1 aromatic carbocycles. The number of carbonyl (C=O) groups excluding carboxylic acids is 1. The molecule has 0 unspecified atom stereocenters. The van der Waals surface area contributed by atoms with Gasteiger partial charge in [-0.2, -0.15) is 10.2 Å². The van der Waals surface area contributed by atoms with Crippen LogP contribution in [0.5, 0.6) is 5.75 Å². The van der Waals surface area contributed by atoms with Crippen molar-refractivity contribution in [2.45, 2.75) is 46.3 Å². The Morgan fingerprint density at radius 3 is 2.68 bits per heavy atom. The summed E-state index contributed by atoms with van der Waals surface area (Å²) in [6.07, 6.45) is 4.37. The van der Waals surface area contributed by atoms with Crippen LogP contribution in [0.15, 0.2) is 24.5 Å². The summed E-state index contributed by atoms with van der Waals surface area (Å²) in [4.78, 5) is 11.6. The molecule has 0 aliphatic carbocycles. The van der Waals surface area contributed by atoms with Gasteiger partial charge in [-0.1, -0.05) is 0 Å². The van der Waals surface area contributed by atoms with E-state index in [0.29, 0.717) is 19.0 Å². The normalized spacial score (nSPS) is 18.1. The highest BCUT2D eigenvalue weighted by atomic mass is 16.5. The monoisotopic (exact) mass is 381 g/mol. The van der Waals surface area contributed by atoms with Crippen molar-refractivity contribution in [2.75, 3.05) is 6.54 Å². The molecule has 1 saturated heterocycles. The molecule has 0 radical (unpaired) electrons. The summed E-state index contributed by atoms with van der Waals surface area (Å²) in [7, 11) is 1.94. The lowest BCUT2D eigenvalue weighted by atomic mass is 10.0. The van der Waals surface area contributed by atoms with Crippen LogP contribution in [-0.4, -0.2) is 38.1 Å². The number of aromatic nitrogens is 4. The number of aryl methyl sites for hydroxylation is 2. The Bertz CT molecular complexity index is 1030. The summed E-state index contributed by atoms with van der Waals surface area (Å²) in [5.74, 6) is 1.08. The van der Waals surface area contributed by atoms with Gasteiger partial charge in [0.25, 0.3) is 0 Å². The SMILES string of the molecule is Cc1c2c(O[C@H](C)[C@@H]3CNC(=O)C3)cc(-c3cnn(C(C)C)c3)cc2nn1C. The highest BCUT2D eigenvalue weighted by Crippen LogP contribution is 2.35. The number of carbonyl (C=O) groups is 1. The molecule has 0 bridgehead atoms. The van der Waals surface area contributed by atoms with Crippen molar-refractivity contribution in [1.29, 1.82) is 0 Å². The Hall–Kier alpha value is -2.83. The summed E-state index contributed by atoms with van der Waals surface area (Å²) >= 11 is 0. The van der Waals surface area contributed by atoms with Gasteiger partial charge < -0.3 is 10.1 Å². The third-order valence-corrected chi connectivity index (χ3v) is 5.64. The maximum absolute atomic E-state index is 11.6. The molecule has 1 fully saturated rings. The van der Waals surface area contributed by atoms with E-state index < -0.39 is 0 Å². The minimum Gasteiger partial charge on any atom is -0.490 e. The predicted octanol–water partition coefficient (Wildman–Crippen LogP) is 3.23. The number of benzene rings is 1. The molecular weight excluding hydrogens is 354 g/mol. The predicted molar refractivity (Wildman–Crippen MR) is 108 cm³/mol. The van der Waals surface area contributed by atoms with Crippen LogP contribution in [-0.2, 0) is 11.8 Å². The molecule has 0 saturated carbocycles. The number of hydrogen-bond acceptors (Lipinski definition) is 4. The third kappa shape index (κ3) is 3.25. The number of hydrogen-bond donors (Lipinski definition) is 1. The molecule has 3 heterocycles. The summed E-state index contributed by atoms with van der Waals surface area (Å²) < 4.78 is 10.2. The van der Waals surface area contributed by atoms with E-state index in [0.717, 1.165) is 33.5 Å². The summed E-state index contributed by atoms with van der Waals surface area (Å²) in [5.41, 5.74) is 4.02. The number of fused-ring (bicyclic) bond motifs is 1. The minimum absolute atomic E-state index is 0.0737. The van der Waals surface area contributed by atoms with Crippen LogP contribution in [0.3, 0.4) is 0 Å². The molecule has 0 spiro atoms. The number of nitrogens with one attached hydrogen (secondary N) is 1. The Morgan fingerprint density at radius 2 is 2.04 bits per heavy atom. The third-order valence-electron chi connectivity index (χ3n) is 5.64. The summed E-state index contributed by atoms with van der Waals surface area (Å²) in [5, 5.41) is 13.0. The van der Waals surface area contributed by atoms with Crippen molar-refractivity contribution in [3.8, 4) is 16.9 Å². The van der Waals surface area contributed by atoms with E-state index in [1.54, 1.807) is 0 Å². The van der Waals surface area contributed by atoms with Gasteiger partial charge in [-0.25, -0.2) is 0 Å². The van der Waals surface area contributed by atoms with Crippen molar-refractivity contribution < 1.29 is 9.53 Å². The van der Waals surface area contributed by atoms with Gasteiger partial charge in [0.2, 0.25) is 5.91 Å². The van der Waals surface area contributed by atoms with Gasteiger partial charge in [0.15, 0.2) is 0 Å². The number of rotatable bonds is 5. The van der Waals surface area contributed by atoms with Crippen LogP contribution >= 0.6 is 0 Å². The fourth-order valence-corrected chi connectivity index (χ4v) is 3.73. The quantitative estimate of drug-likeness (QED) is 0.736. The Labute approximate surface area is 164 Å². The Balaban J connectivity index is 1.75. The number of ether oxygens (including phenoxy) is 1. The number of nitrogens with zero attached hydrogens (tertiary/aromatic N) is 4. The molecule has 2 atom stereocenters. The lowest BCUT2D eigenvalue weighted by Gasteiger charge is -2.20. The average molecular weight is 381 g/mol. The molecule has 1 amide bonds. The van der Waals surface area contributed by atoms with Gasteiger partial charge in [0, 0.05) is 49.4 Å². The molecule has 1 aliphatic heterocycles. The zero-order valence-electron chi connectivity index (χ0n) is 17.1. The number of amides is 1. The lowest BCUT2D eigenvalue weighted by Crippen LogP contribution is -2.25. The molecule has 2 aromatic heterocycles. The van der Waals surface area contributed by atoms with Crippen LogP contribution in [0, 0.1) is 12.8 Å². The van der Waals surface area contributed by atoms with Crippen LogP contribution in [0.4, 0.5) is 0 Å². The molecule has 7 heteroatoms. The van der Waals surface area contributed by atoms with Crippen molar-refractivity contribution in [3.63, 3.8) is 0 Å². The average Bonchev–Trinajstić information content (AvgIpc) is 3.35. The smallest absolute Gasteiger partial charge is 0.220 e. The van der Waals surface area contributed by atoms with Gasteiger partial charge in [0.1, 0.15) is 11.9 Å². The van der Waals surface area contributed by atoms with E-state index in [4.69, 9.17) is 4.74 Å². The van der Waals surface area contributed by atoms with E-state index >= 15 is 0 Å². The van der Waals surface area contributed by atoms with Crippen LogP contribution in [0.2, 0.25) is 0 Å². The second-order valence-electron chi connectivity index (χ2n) is 7.97. The van der Waals surface area contributed by atoms with Crippen molar-refractivity contribution in [1.82, 2.24) is 24.9 Å². The van der Waals surface area contributed by atoms with Crippen LogP contribution in [0.1, 0.15) is 38.9 Å². The van der Waals surface area contributed by atoms with Gasteiger partial charge in [-0.3, -0.25) is 14.2 Å². The highest BCUT2D eigenvalue weighted by molar-refractivity contribution is 5.92. The zero-order valence-corrected chi connectivity index (χ0v) is 17.1. The summed E-state index contributed by atoms with van der Waals surface area (Å²) in [6.45, 7) is 8.95. The zero-order chi connectivity index (χ0) is 20.0. The first-order valence-electron chi connectivity index (χ1n) is 9.78. The van der Waals surface area contributed by atoms with E-state index in [1.807, 2.05) is 42.7 Å². The fraction of sp³-hybridized carbons (Fsp3) is 0.476. The van der Waals surface area contributed by atoms with Gasteiger partial charge >= 0.3 is 0 Å². The van der Waals surface area contributed by atoms with Gasteiger partial charge in [0.05, 0.1) is 17.1 Å². The molecular formula is C21H27N5O2. The largest absolute Gasteiger partial charge is 0.490 e. The van der Waals surface area contributed by atoms with Gasteiger partial charge in [-0.05, 0) is 45.4 Å². The first-order chi connectivity index (χ1) is 13.3. The second-order valence-corrected chi connectivity index (χ2v) is 7.97. The van der Waals surface area contributed by atoms with Crippen molar-refractivity contribution in [2.24, 2.45) is 13.0 Å². The molecule has 1 N–H and O–H groups in total. The Morgan fingerprint density at radius 1 is 1.25 bits per heavy atom. The molecule has 7 nitrogen and oxygen atoms in total. The highest BCUT2D eigenvalue weighted by Gasteiger charge is 2.28. The van der Waals surface area contributed by atoms with Crippen molar-refractivity contribution in [3.05, 3.63) is 30.2 Å². The van der Waals surface area contributed by atoms with E-state index in [-0.39, 0.29) is 17.9 Å². The van der Waals surface area contributed by atoms with Crippen molar-refractivity contribution >= 4 is 16.8 Å². The topological polar surface area (TPSA) is 74.0 Å². The molecule has 4 rings (SSSR count). The Kier molecular flexibility index (Phi) is 4.61. The molecule has 1 aliphatic rings. The van der Waals surface area contributed by atoms with E-state index in [1.165, 1.54) is 0 Å². The molecule has 148 valence electrons.